The number of carbonyl (C=O) groups is 2. The maximum atomic E-state index is 11.4. The molecule has 0 radical (unpaired) electrons. The second-order valence-corrected chi connectivity index (χ2v) is 9.53. The lowest BCUT2D eigenvalue weighted by Crippen LogP contribution is -2.37. The van der Waals surface area contributed by atoms with Gasteiger partial charge in [0.05, 0.1) is 25.2 Å². The van der Waals surface area contributed by atoms with E-state index in [-0.39, 0.29) is 30.4 Å². The number of hydrogen-bond acceptors (Lipinski definition) is 16. The van der Waals surface area contributed by atoms with E-state index in [2.05, 4.69) is 66.7 Å². The Bertz CT molecular complexity index is 1390. The molecule has 44 heavy (non-hydrogen) atoms. The minimum atomic E-state index is -1.04. The van der Waals surface area contributed by atoms with E-state index in [4.69, 9.17) is 9.84 Å². The highest BCUT2D eigenvalue weighted by molar-refractivity contribution is 5.89. The lowest BCUT2D eigenvalue weighted by Gasteiger charge is -2.26. The maximum absolute atomic E-state index is 11.4. The van der Waals surface area contributed by atoms with E-state index in [1.54, 1.807) is 19.2 Å². The van der Waals surface area contributed by atoms with Crippen LogP contribution in [0.2, 0.25) is 0 Å². The molecule has 0 bridgehead atoms. The SMILES string of the molecule is CNc1nc(NCCNc2nc(NCCCN3CCOCC3)nc(Nc3cccc(C(=O)O)c3)n2)nc(NCCC(=O)O)n1. The van der Waals surface area contributed by atoms with Crippen molar-refractivity contribution in [3.05, 3.63) is 29.8 Å². The summed E-state index contributed by atoms with van der Waals surface area (Å²) in [6.07, 6.45) is 0.807. The average molecular weight is 612 g/mol. The molecule has 1 aliphatic rings. The summed E-state index contributed by atoms with van der Waals surface area (Å²) < 4.78 is 5.40. The first-order chi connectivity index (χ1) is 21.4. The Kier molecular flexibility index (Phi) is 11.9. The highest BCUT2D eigenvalue weighted by Gasteiger charge is 2.12. The molecule has 2 aromatic heterocycles. The van der Waals surface area contributed by atoms with Crippen molar-refractivity contribution in [2.45, 2.75) is 12.8 Å². The van der Waals surface area contributed by atoms with Crippen molar-refractivity contribution in [1.29, 1.82) is 0 Å². The van der Waals surface area contributed by atoms with Crippen molar-refractivity contribution in [2.75, 3.05) is 98.0 Å². The van der Waals surface area contributed by atoms with Gasteiger partial charge < -0.3 is 46.9 Å². The van der Waals surface area contributed by atoms with E-state index in [0.29, 0.717) is 49.1 Å². The molecule has 18 nitrogen and oxygen atoms in total. The van der Waals surface area contributed by atoms with Crippen LogP contribution in [0.4, 0.5) is 41.4 Å². The molecule has 236 valence electrons. The monoisotopic (exact) mass is 611 g/mol. The lowest BCUT2D eigenvalue weighted by molar-refractivity contribution is -0.136. The van der Waals surface area contributed by atoms with Crippen LogP contribution in [0.5, 0.6) is 0 Å². The minimum Gasteiger partial charge on any atom is -0.481 e. The van der Waals surface area contributed by atoms with Gasteiger partial charge in [0.2, 0.25) is 35.7 Å². The number of aliphatic carboxylic acids is 1. The summed E-state index contributed by atoms with van der Waals surface area (Å²) in [4.78, 5) is 50.7. The summed E-state index contributed by atoms with van der Waals surface area (Å²) in [5.41, 5.74) is 0.653. The highest BCUT2D eigenvalue weighted by Crippen LogP contribution is 2.18. The third-order valence-corrected chi connectivity index (χ3v) is 6.21. The van der Waals surface area contributed by atoms with Crippen molar-refractivity contribution in [1.82, 2.24) is 34.8 Å². The first-order valence-corrected chi connectivity index (χ1v) is 14.2. The maximum Gasteiger partial charge on any atom is 0.335 e. The van der Waals surface area contributed by atoms with Crippen LogP contribution in [0.15, 0.2) is 24.3 Å². The first-order valence-electron chi connectivity index (χ1n) is 14.2. The van der Waals surface area contributed by atoms with Crippen LogP contribution in [0, 0.1) is 0 Å². The Hall–Kier alpha value is -5.10. The molecular formula is C26H37N13O5. The molecule has 1 aromatic carbocycles. The summed E-state index contributed by atoms with van der Waals surface area (Å²) in [6.45, 7) is 5.84. The molecule has 4 rings (SSSR count). The topological polar surface area (TPSA) is 237 Å². The van der Waals surface area contributed by atoms with Crippen molar-refractivity contribution in [3.8, 4) is 0 Å². The highest BCUT2D eigenvalue weighted by atomic mass is 16.5. The number of carboxylic acid groups (broad SMARTS) is 2. The number of aromatic carboxylic acids is 1. The van der Waals surface area contributed by atoms with E-state index in [1.807, 2.05) is 0 Å². The molecule has 1 fully saturated rings. The smallest absolute Gasteiger partial charge is 0.335 e. The van der Waals surface area contributed by atoms with E-state index >= 15 is 0 Å². The molecule has 18 heteroatoms. The van der Waals surface area contributed by atoms with Gasteiger partial charge in [0.25, 0.3) is 0 Å². The Morgan fingerprint density at radius 2 is 1.36 bits per heavy atom. The van der Waals surface area contributed by atoms with E-state index < -0.39 is 11.9 Å². The van der Waals surface area contributed by atoms with Crippen molar-refractivity contribution in [2.24, 2.45) is 0 Å². The van der Waals surface area contributed by atoms with Gasteiger partial charge in [0.1, 0.15) is 0 Å². The zero-order chi connectivity index (χ0) is 31.1. The van der Waals surface area contributed by atoms with Crippen LogP contribution >= 0.6 is 0 Å². The number of rotatable bonds is 18. The zero-order valence-electron chi connectivity index (χ0n) is 24.3. The van der Waals surface area contributed by atoms with Crippen LogP contribution in [-0.4, -0.2) is 123 Å². The predicted octanol–water partition coefficient (Wildman–Crippen LogP) is 1.08. The molecule has 0 aliphatic carbocycles. The average Bonchev–Trinajstić information content (AvgIpc) is 3.02. The van der Waals surface area contributed by atoms with Gasteiger partial charge in [-0.1, -0.05) is 6.07 Å². The van der Waals surface area contributed by atoms with E-state index in [1.165, 1.54) is 12.1 Å². The summed E-state index contributed by atoms with van der Waals surface area (Å²) in [5.74, 6) is -0.209. The fraction of sp³-hybridized carbons (Fsp3) is 0.462. The Labute approximate surface area is 253 Å². The summed E-state index contributed by atoms with van der Waals surface area (Å²) in [7, 11) is 1.67. The van der Waals surface area contributed by atoms with Crippen molar-refractivity contribution < 1.29 is 24.5 Å². The molecule has 1 aliphatic heterocycles. The Balaban J connectivity index is 1.37. The van der Waals surface area contributed by atoms with Gasteiger partial charge in [-0.05, 0) is 31.2 Å². The van der Waals surface area contributed by atoms with E-state index in [0.717, 1.165) is 39.3 Å². The van der Waals surface area contributed by atoms with Crippen LogP contribution in [0.3, 0.4) is 0 Å². The fourth-order valence-corrected chi connectivity index (χ4v) is 4.05. The number of aromatic nitrogens is 6. The number of anilines is 7. The third-order valence-electron chi connectivity index (χ3n) is 6.21. The quantitative estimate of drug-likeness (QED) is 0.0939. The molecular weight excluding hydrogens is 574 g/mol. The number of nitrogens with zero attached hydrogens (tertiary/aromatic N) is 7. The number of carboxylic acids is 2. The second-order valence-electron chi connectivity index (χ2n) is 9.53. The molecule has 3 heterocycles. The van der Waals surface area contributed by atoms with Gasteiger partial charge in [0.15, 0.2) is 0 Å². The number of ether oxygens (including phenoxy) is 1. The molecule has 0 atom stereocenters. The van der Waals surface area contributed by atoms with Gasteiger partial charge in [0, 0.05) is 52.0 Å². The van der Waals surface area contributed by atoms with Gasteiger partial charge >= 0.3 is 11.9 Å². The number of nitrogens with one attached hydrogen (secondary N) is 6. The molecule has 0 amide bonds. The van der Waals surface area contributed by atoms with Gasteiger partial charge in [-0.15, -0.1) is 0 Å². The zero-order valence-corrected chi connectivity index (χ0v) is 24.3. The second kappa shape index (κ2) is 16.5. The van der Waals surface area contributed by atoms with Crippen LogP contribution in [0.25, 0.3) is 0 Å². The molecule has 3 aromatic rings. The van der Waals surface area contributed by atoms with Gasteiger partial charge in [-0.3, -0.25) is 9.69 Å². The molecule has 0 saturated carbocycles. The summed E-state index contributed by atoms with van der Waals surface area (Å²) in [6, 6.07) is 6.36. The molecule has 1 saturated heterocycles. The lowest BCUT2D eigenvalue weighted by atomic mass is 10.2. The largest absolute Gasteiger partial charge is 0.481 e. The van der Waals surface area contributed by atoms with Crippen molar-refractivity contribution in [3.63, 3.8) is 0 Å². The molecule has 8 N–H and O–H groups in total. The van der Waals surface area contributed by atoms with Crippen molar-refractivity contribution >= 4 is 53.3 Å². The van der Waals surface area contributed by atoms with Gasteiger partial charge in [-0.2, -0.15) is 29.9 Å². The third kappa shape index (κ3) is 10.6. The van der Waals surface area contributed by atoms with Crippen LogP contribution < -0.4 is 31.9 Å². The molecule has 0 spiro atoms. The Morgan fingerprint density at radius 3 is 1.95 bits per heavy atom. The fourth-order valence-electron chi connectivity index (χ4n) is 4.05. The van der Waals surface area contributed by atoms with Gasteiger partial charge in [-0.25, -0.2) is 4.79 Å². The normalized spacial score (nSPS) is 13.1. The van der Waals surface area contributed by atoms with Crippen LogP contribution in [0.1, 0.15) is 23.2 Å². The Morgan fingerprint density at radius 1 is 0.795 bits per heavy atom. The minimum absolute atomic E-state index is 0.0776. The predicted molar refractivity (Wildman–Crippen MR) is 164 cm³/mol. The summed E-state index contributed by atoms with van der Waals surface area (Å²) in [5, 5.41) is 36.5. The number of morpholine rings is 1. The number of hydrogen-bond donors (Lipinski definition) is 8. The first kappa shape index (κ1) is 31.8. The van der Waals surface area contributed by atoms with Crippen LogP contribution in [-0.2, 0) is 9.53 Å². The standard InChI is InChI=1S/C26H37N13O5/c1-27-21-33-23(29-8-6-19(40)41)36-24(34-21)30-9-10-31-25-35-22(28-7-3-11-39-12-14-44-15-13-39)37-26(38-25)32-18-5-2-4-17(16-18)20(42)43/h2,4-5,16H,3,6-15H2,1H3,(H,40,41)(H,42,43)(H3,27,29,30,33,34,36)(H3,28,31,32,35,37,38). The number of benzene rings is 1. The summed E-state index contributed by atoms with van der Waals surface area (Å²) >= 11 is 0. The molecule has 0 unspecified atom stereocenters. The van der Waals surface area contributed by atoms with E-state index in [9.17, 15) is 14.7 Å².